The highest BCUT2D eigenvalue weighted by molar-refractivity contribution is 6.10. The predicted molar refractivity (Wildman–Crippen MR) is 109 cm³/mol. The monoisotopic (exact) mass is 358 g/mol. The zero-order chi connectivity index (χ0) is 19.1. The molecule has 2 aromatic carbocycles. The minimum Gasteiger partial charge on any atom is -0.326 e. The molecule has 0 bridgehead atoms. The second kappa shape index (κ2) is 8.76. The average molecular weight is 358 g/mol. The zero-order valence-electron chi connectivity index (χ0n) is 15.4. The molecule has 27 heavy (non-hydrogen) atoms. The highest BCUT2D eigenvalue weighted by atomic mass is 16.1. The number of aliphatic imine (C=N–C) groups is 1. The molecule has 3 rings (SSSR count). The third-order valence-corrected chi connectivity index (χ3v) is 4.16. The van der Waals surface area contributed by atoms with E-state index in [1.165, 1.54) is 0 Å². The van der Waals surface area contributed by atoms with Gasteiger partial charge in [0.05, 0.1) is 12.2 Å². The van der Waals surface area contributed by atoms with E-state index in [9.17, 15) is 4.79 Å². The molecule has 1 heterocycles. The molecule has 2 N–H and O–H groups in total. The Labute approximate surface area is 159 Å². The van der Waals surface area contributed by atoms with Crippen molar-refractivity contribution in [2.45, 2.75) is 20.4 Å². The van der Waals surface area contributed by atoms with Crippen molar-refractivity contribution < 1.29 is 4.79 Å². The van der Waals surface area contributed by atoms with Gasteiger partial charge in [-0.1, -0.05) is 30.3 Å². The number of para-hydroxylation sites is 1. The summed E-state index contributed by atoms with van der Waals surface area (Å²) in [5.41, 5.74) is 4.49. The van der Waals surface area contributed by atoms with Crippen LogP contribution in [0, 0.1) is 13.8 Å². The molecule has 0 fully saturated rings. The number of aromatic nitrogens is 1. The lowest BCUT2D eigenvalue weighted by Crippen LogP contribution is -2.36. The molecule has 0 aliphatic carbocycles. The van der Waals surface area contributed by atoms with Crippen LogP contribution in [0.4, 0.5) is 5.69 Å². The van der Waals surface area contributed by atoms with E-state index in [4.69, 9.17) is 0 Å². The Balaban J connectivity index is 1.79. The second-order valence-corrected chi connectivity index (χ2v) is 6.23. The maximum atomic E-state index is 12.7. The third-order valence-electron chi connectivity index (χ3n) is 4.16. The van der Waals surface area contributed by atoms with Crippen LogP contribution in [0.3, 0.4) is 0 Å². The Kier molecular flexibility index (Phi) is 5.94. The molecule has 136 valence electrons. The number of rotatable bonds is 4. The van der Waals surface area contributed by atoms with Gasteiger partial charge in [-0.15, -0.1) is 0 Å². The maximum absolute atomic E-state index is 12.7. The van der Waals surface area contributed by atoms with Crippen LogP contribution in [0.1, 0.15) is 27.2 Å². The first-order chi connectivity index (χ1) is 13.1. The number of hydrogen-bond donors (Lipinski definition) is 2. The number of nitrogens with one attached hydrogen (secondary N) is 2. The van der Waals surface area contributed by atoms with Gasteiger partial charge < -0.3 is 5.32 Å². The highest BCUT2D eigenvalue weighted by Gasteiger charge is 2.10. The van der Waals surface area contributed by atoms with Crippen molar-refractivity contribution in [2.24, 2.45) is 4.99 Å². The predicted octanol–water partition coefficient (Wildman–Crippen LogP) is 4.10. The summed E-state index contributed by atoms with van der Waals surface area (Å²) in [4.78, 5) is 21.4. The topological polar surface area (TPSA) is 66.4 Å². The summed E-state index contributed by atoms with van der Waals surface area (Å²) in [6, 6.07) is 20.9. The fourth-order valence-electron chi connectivity index (χ4n) is 2.48. The van der Waals surface area contributed by atoms with Crippen molar-refractivity contribution in [2.75, 3.05) is 5.32 Å². The molecule has 1 aromatic heterocycles. The van der Waals surface area contributed by atoms with Gasteiger partial charge in [0.2, 0.25) is 5.96 Å². The van der Waals surface area contributed by atoms with Gasteiger partial charge in [-0.05, 0) is 61.4 Å². The smallest absolute Gasteiger partial charge is 0.257 e. The summed E-state index contributed by atoms with van der Waals surface area (Å²) in [5, 5.41) is 6.04. The summed E-state index contributed by atoms with van der Waals surface area (Å²) in [6.07, 6.45) is 1.73. The molecule has 0 saturated heterocycles. The van der Waals surface area contributed by atoms with Gasteiger partial charge in [-0.25, -0.2) is 4.99 Å². The summed E-state index contributed by atoms with van der Waals surface area (Å²) in [6.45, 7) is 4.38. The number of anilines is 1. The molecule has 3 aromatic rings. The largest absolute Gasteiger partial charge is 0.326 e. The van der Waals surface area contributed by atoms with Crippen molar-refractivity contribution >= 4 is 17.6 Å². The number of amides is 1. The van der Waals surface area contributed by atoms with Gasteiger partial charge in [0, 0.05) is 17.4 Å². The summed E-state index contributed by atoms with van der Waals surface area (Å²) in [7, 11) is 0. The SMILES string of the molecule is Cc1ccc(C(=O)NC(=NCc2ccccn2)Nc2ccccc2)cc1C. The van der Waals surface area contributed by atoms with Crippen molar-refractivity contribution in [3.63, 3.8) is 0 Å². The number of guanidine groups is 1. The van der Waals surface area contributed by atoms with Crippen LogP contribution < -0.4 is 10.6 Å². The van der Waals surface area contributed by atoms with Crippen LogP contribution in [0.2, 0.25) is 0 Å². The van der Waals surface area contributed by atoms with Crippen LogP contribution in [-0.4, -0.2) is 16.9 Å². The number of nitrogens with zero attached hydrogens (tertiary/aromatic N) is 2. The number of carbonyl (C=O) groups excluding carboxylic acids is 1. The summed E-state index contributed by atoms with van der Waals surface area (Å²) < 4.78 is 0. The Morgan fingerprint density at radius 3 is 2.44 bits per heavy atom. The molecule has 0 saturated carbocycles. The van der Waals surface area contributed by atoms with E-state index in [-0.39, 0.29) is 5.91 Å². The van der Waals surface area contributed by atoms with Crippen molar-refractivity contribution in [3.8, 4) is 0 Å². The molecule has 0 aliphatic rings. The van der Waals surface area contributed by atoms with E-state index in [2.05, 4.69) is 20.6 Å². The standard InChI is InChI=1S/C22H22N4O/c1-16-11-12-18(14-17(16)2)21(27)26-22(25-19-8-4-3-5-9-19)24-15-20-10-6-7-13-23-20/h3-14H,15H2,1-2H3,(H2,24,25,26,27). The van der Waals surface area contributed by atoms with Crippen LogP contribution in [-0.2, 0) is 6.54 Å². The molecular formula is C22H22N4O. The van der Waals surface area contributed by atoms with Crippen LogP contribution in [0.5, 0.6) is 0 Å². The minimum atomic E-state index is -0.207. The van der Waals surface area contributed by atoms with Gasteiger partial charge in [-0.3, -0.25) is 15.1 Å². The zero-order valence-corrected chi connectivity index (χ0v) is 15.4. The minimum absolute atomic E-state index is 0.207. The lowest BCUT2D eigenvalue weighted by atomic mass is 10.1. The van der Waals surface area contributed by atoms with Gasteiger partial charge in [-0.2, -0.15) is 0 Å². The van der Waals surface area contributed by atoms with E-state index in [0.717, 1.165) is 22.5 Å². The lowest BCUT2D eigenvalue weighted by Gasteiger charge is -2.12. The number of hydrogen-bond acceptors (Lipinski definition) is 3. The first kappa shape index (κ1) is 18.3. The quantitative estimate of drug-likeness (QED) is 0.545. The van der Waals surface area contributed by atoms with Crippen molar-refractivity contribution in [1.29, 1.82) is 0 Å². The average Bonchev–Trinajstić information content (AvgIpc) is 2.70. The number of carbonyl (C=O) groups is 1. The fourth-order valence-corrected chi connectivity index (χ4v) is 2.48. The van der Waals surface area contributed by atoms with Crippen molar-refractivity contribution in [3.05, 3.63) is 95.3 Å². The Hall–Kier alpha value is -3.47. The number of aryl methyl sites for hydroxylation is 2. The molecule has 0 unspecified atom stereocenters. The van der Waals surface area contributed by atoms with Crippen molar-refractivity contribution in [1.82, 2.24) is 10.3 Å². The first-order valence-electron chi connectivity index (χ1n) is 8.77. The van der Waals surface area contributed by atoms with Crippen LogP contribution in [0.25, 0.3) is 0 Å². The van der Waals surface area contributed by atoms with Crippen LogP contribution in [0.15, 0.2) is 77.9 Å². The number of benzene rings is 2. The Bertz CT molecular complexity index is 937. The van der Waals surface area contributed by atoms with Crippen LogP contribution >= 0.6 is 0 Å². The molecule has 0 atom stereocenters. The summed E-state index contributed by atoms with van der Waals surface area (Å²) in [5.74, 6) is 0.177. The maximum Gasteiger partial charge on any atom is 0.257 e. The van der Waals surface area contributed by atoms with E-state index >= 15 is 0 Å². The molecule has 5 nitrogen and oxygen atoms in total. The Morgan fingerprint density at radius 2 is 1.74 bits per heavy atom. The fraction of sp³-hybridized carbons (Fsp3) is 0.136. The summed E-state index contributed by atoms with van der Waals surface area (Å²) >= 11 is 0. The van der Waals surface area contributed by atoms with E-state index in [1.807, 2.05) is 80.6 Å². The molecule has 0 spiro atoms. The van der Waals surface area contributed by atoms with Gasteiger partial charge in [0.1, 0.15) is 0 Å². The van der Waals surface area contributed by atoms with E-state index < -0.39 is 0 Å². The first-order valence-corrected chi connectivity index (χ1v) is 8.77. The Morgan fingerprint density at radius 1 is 0.963 bits per heavy atom. The van der Waals surface area contributed by atoms with Gasteiger partial charge in [0.15, 0.2) is 0 Å². The van der Waals surface area contributed by atoms with Gasteiger partial charge in [0.25, 0.3) is 5.91 Å². The molecule has 5 heteroatoms. The number of pyridine rings is 1. The molecule has 0 aliphatic heterocycles. The van der Waals surface area contributed by atoms with Gasteiger partial charge >= 0.3 is 0 Å². The second-order valence-electron chi connectivity index (χ2n) is 6.23. The molecule has 0 radical (unpaired) electrons. The van der Waals surface area contributed by atoms with E-state index in [1.54, 1.807) is 6.20 Å². The molecule has 1 amide bonds. The highest BCUT2D eigenvalue weighted by Crippen LogP contribution is 2.10. The van der Waals surface area contributed by atoms with E-state index in [0.29, 0.717) is 18.1 Å². The normalized spacial score (nSPS) is 11.1. The molecular weight excluding hydrogens is 336 g/mol. The third kappa shape index (κ3) is 5.25. The lowest BCUT2D eigenvalue weighted by molar-refractivity contribution is 0.0977.